The standard InChI is InChI=1S/C34H30FN3O4S/c1-20(2)42-33(40)30-21(3)36-34-38(31(30)22-13-15-25(41-4)16-14-22)32(39)29(43-34)17-24-19-37(28-12-8-6-10-26(24)28)18-23-9-5-7-11-27(23)35/h5-17,19-20,31H,18H2,1-4H3/b29-17-/t31-/m1/s1. The van der Waals surface area contributed by atoms with Gasteiger partial charge in [0, 0.05) is 28.2 Å². The molecule has 3 heterocycles. The summed E-state index contributed by atoms with van der Waals surface area (Å²) in [5, 5.41) is 0.939. The molecule has 0 fully saturated rings. The average molecular weight is 596 g/mol. The summed E-state index contributed by atoms with van der Waals surface area (Å²) in [5.41, 5.74) is 3.62. The van der Waals surface area contributed by atoms with Gasteiger partial charge in [-0.25, -0.2) is 14.2 Å². The molecule has 6 rings (SSSR count). The van der Waals surface area contributed by atoms with Gasteiger partial charge in [0.2, 0.25) is 0 Å². The molecule has 0 bridgehead atoms. The molecule has 5 aromatic rings. The first-order valence-corrected chi connectivity index (χ1v) is 14.8. The van der Waals surface area contributed by atoms with E-state index in [0.717, 1.165) is 22.0 Å². The fraction of sp³-hybridized carbons (Fsp3) is 0.206. The van der Waals surface area contributed by atoms with Gasteiger partial charge in [0.25, 0.3) is 5.56 Å². The van der Waals surface area contributed by atoms with Crippen LogP contribution in [0.5, 0.6) is 5.75 Å². The number of allylic oxidation sites excluding steroid dienone is 1. The lowest BCUT2D eigenvalue weighted by Crippen LogP contribution is -2.40. The molecule has 0 radical (unpaired) electrons. The molecule has 0 N–H and O–H groups in total. The number of thiazole rings is 1. The lowest BCUT2D eigenvalue weighted by atomic mass is 9.96. The van der Waals surface area contributed by atoms with E-state index >= 15 is 0 Å². The third-order valence-electron chi connectivity index (χ3n) is 7.42. The molecular weight excluding hydrogens is 565 g/mol. The van der Waals surface area contributed by atoms with E-state index in [1.807, 2.05) is 59.3 Å². The molecule has 2 aromatic heterocycles. The van der Waals surface area contributed by atoms with Crippen molar-refractivity contribution in [3.05, 3.63) is 132 Å². The SMILES string of the molecule is COc1ccc([C@@H]2C(C(=O)OC(C)C)=C(C)N=c3s/c(=C\c4cn(Cc5ccccc5F)c5ccccc45)c(=O)n32)cc1. The molecule has 0 saturated carbocycles. The molecule has 9 heteroatoms. The summed E-state index contributed by atoms with van der Waals surface area (Å²) < 4.78 is 29.5. The molecule has 1 aliphatic rings. The zero-order chi connectivity index (χ0) is 30.2. The van der Waals surface area contributed by atoms with Crippen LogP contribution < -0.4 is 19.6 Å². The second kappa shape index (κ2) is 11.5. The number of halogens is 1. The van der Waals surface area contributed by atoms with E-state index in [2.05, 4.69) is 4.99 Å². The highest BCUT2D eigenvalue weighted by Crippen LogP contribution is 2.32. The summed E-state index contributed by atoms with van der Waals surface area (Å²) in [6.45, 7) is 5.68. The maximum atomic E-state index is 14.5. The van der Waals surface area contributed by atoms with E-state index in [9.17, 15) is 14.0 Å². The van der Waals surface area contributed by atoms with Crippen LogP contribution in [0.1, 0.15) is 43.5 Å². The van der Waals surface area contributed by atoms with Crippen LogP contribution in [0, 0.1) is 5.82 Å². The number of hydrogen-bond donors (Lipinski definition) is 0. The van der Waals surface area contributed by atoms with Gasteiger partial charge in [-0.05, 0) is 56.7 Å². The molecule has 7 nitrogen and oxygen atoms in total. The summed E-state index contributed by atoms with van der Waals surface area (Å²) >= 11 is 1.27. The third-order valence-corrected chi connectivity index (χ3v) is 8.40. The van der Waals surface area contributed by atoms with Crippen LogP contribution in [0.4, 0.5) is 4.39 Å². The smallest absolute Gasteiger partial charge is 0.338 e. The van der Waals surface area contributed by atoms with Crippen molar-refractivity contribution in [2.24, 2.45) is 4.99 Å². The third kappa shape index (κ3) is 5.32. The van der Waals surface area contributed by atoms with E-state index < -0.39 is 12.0 Å². The zero-order valence-electron chi connectivity index (χ0n) is 24.2. The normalized spacial score (nSPS) is 15.1. The maximum absolute atomic E-state index is 14.5. The van der Waals surface area contributed by atoms with Crippen molar-refractivity contribution in [3.8, 4) is 5.75 Å². The number of ether oxygens (including phenoxy) is 2. The number of para-hydroxylation sites is 1. The monoisotopic (exact) mass is 595 g/mol. The molecule has 0 unspecified atom stereocenters. The van der Waals surface area contributed by atoms with Crippen molar-refractivity contribution in [3.63, 3.8) is 0 Å². The Hall–Kier alpha value is -4.76. The molecule has 3 aromatic carbocycles. The summed E-state index contributed by atoms with van der Waals surface area (Å²) in [4.78, 5) is 32.7. The molecule has 1 aliphatic heterocycles. The number of carbonyl (C=O) groups excluding carboxylic acids is 1. The van der Waals surface area contributed by atoms with E-state index in [1.165, 1.54) is 17.4 Å². The number of fused-ring (bicyclic) bond motifs is 2. The van der Waals surface area contributed by atoms with E-state index in [4.69, 9.17) is 9.47 Å². The average Bonchev–Trinajstić information content (AvgIpc) is 3.49. The van der Waals surface area contributed by atoms with Crippen LogP contribution in [0.2, 0.25) is 0 Å². The number of carbonyl (C=O) groups is 1. The lowest BCUT2D eigenvalue weighted by molar-refractivity contribution is -0.143. The maximum Gasteiger partial charge on any atom is 0.338 e. The molecule has 0 aliphatic carbocycles. The topological polar surface area (TPSA) is 74.8 Å². The van der Waals surface area contributed by atoms with E-state index in [1.54, 1.807) is 56.7 Å². The largest absolute Gasteiger partial charge is 0.497 e. The second-order valence-corrected chi connectivity index (χ2v) is 11.6. The highest BCUT2D eigenvalue weighted by Gasteiger charge is 2.33. The Bertz CT molecular complexity index is 2070. The minimum absolute atomic E-state index is 0.266. The molecular formula is C34H30FN3O4S. The number of aromatic nitrogens is 2. The predicted octanol–water partition coefficient (Wildman–Crippen LogP) is 5.34. The van der Waals surface area contributed by atoms with Crippen LogP contribution in [0.15, 0.2) is 100 Å². The summed E-state index contributed by atoms with van der Waals surface area (Å²) in [6, 6.07) is 21.1. The minimum atomic E-state index is -0.724. The van der Waals surface area contributed by atoms with E-state index in [0.29, 0.717) is 38.5 Å². The number of benzene rings is 3. The Labute approximate surface area is 251 Å². The molecule has 43 heavy (non-hydrogen) atoms. The molecule has 0 saturated heterocycles. The summed E-state index contributed by atoms with van der Waals surface area (Å²) in [5.74, 6) is -0.117. The molecule has 218 valence electrons. The minimum Gasteiger partial charge on any atom is -0.497 e. The first-order valence-electron chi connectivity index (χ1n) is 13.9. The number of esters is 1. The van der Waals surface area contributed by atoms with Crippen LogP contribution in [-0.4, -0.2) is 28.3 Å². The van der Waals surface area contributed by atoms with Gasteiger partial charge in [0.1, 0.15) is 11.6 Å². The van der Waals surface area contributed by atoms with Crippen molar-refractivity contribution in [2.75, 3.05) is 7.11 Å². The van der Waals surface area contributed by atoms with Crippen molar-refractivity contribution < 1.29 is 18.7 Å². The van der Waals surface area contributed by atoms with Crippen LogP contribution in [0.3, 0.4) is 0 Å². The van der Waals surface area contributed by atoms with Gasteiger partial charge in [0.15, 0.2) is 4.80 Å². The van der Waals surface area contributed by atoms with Crippen LogP contribution in [-0.2, 0) is 16.1 Å². The first kappa shape index (κ1) is 28.4. The quantitative estimate of drug-likeness (QED) is 0.238. The van der Waals surface area contributed by atoms with Gasteiger partial charge < -0.3 is 14.0 Å². The Morgan fingerprint density at radius 1 is 1.07 bits per heavy atom. The van der Waals surface area contributed by atoms with Gasteiger partial charge in [-0.3, -0.25) is 9.36 Å². The van der Waals surface area contributed by atoms with Gasteiger partial charge >= 0.3 is 5.97 Å². The summed E-state index contributed by atoms with van der Waals surface area (Å²) in [7, 11) is 1.58. The van der Waals surface area contributed by atoms with Crippen molar-refractivity contribution in [2.45, 2.75) is 39.5 Å². The molecule has 1 atom stereocenters. The fourth-order valence-corrected chi connectivity index (χ4v) is 6.47. The van der Waals surface area contributed by atoms with Gasteiger partial charge in [-0.2, -0.15) is 0 Å². The highest BCUT2D eigenvalue weighted by molar-refractivity contribution is 7.07. The van der Waals surface area contributed by atoms with Gasteiger partial charge in [0.05, 0.1) is 41.6 Å². The molecule has 0 amide bonds. The van der Waals surface area contributed by atoms with Crippen molar-refractivity contribution >= 4 is 34.3 Å². The highest BCUT2D eigenvalue weighted by atomic mass is 32.1. The lowest BCUT2D eigenvalue weighted by Gasteiger charge is -2.25. The Balaban J connectivity index is 1.51. The molecule has 0 spiro atoms. The summed E-state index contributed by atoms with van der Waals surface area (Å²) in [6.07, 6.45) is 3.45. The van der Waals surface area contributed by atoms with Crippen LogP contribution in [0.25, 0.3) is 17.0 Å². The number of methoxy groups -OCH3 is 1. The van der Waals surface area contributed by atoms with Crippen molar-refractivity contribution in [1.29, 1.82) is 0 Å². The number of nitrogens with zero attached hydrogens (tertiary/aromatic N) is 3. The van der Waals surface area contributed by atoms with Crippen molar-refractivity contribution in [1.82, 2.24) is 9.13 Å². The van der Waals surface area contributed by atoms with E-state index in [-0.39, 0.29) is 17.5 Å². The van der Waals surface area contributed by atoms with Gasteiger partial charge in [-0.1, -0.05) is 59.9 Å². The Morgan fingerprint density at radius 2 is 1.79 bits per heavy atom. The first-order chi connectivity index (χ1) is 20.7. The van der Waals surface area contributed by atoms with Crippen LogP contribution >= 0.6 is 11.3 Å². The Kier molecular flexibility index (Phi) is 7.58. The predicted molar refractivity (Wildman–Crippen MR) is 165 cm³/mol. The van der Waals surface area contributed by atoms with Gasteiger partial charge in [-0.15, -0.1) is 0 Å². The number of hydrogen-bond acceptors (Lipinski definition) is 6. The zero-order valence-corrected chi connectivity index (χ0v) is 25.0. The second-order valence-electron chi connectivity index (χ2n) is 10.6. The fourth-order valence-electron chi connectivity index (χ4n) is 5.43. The Morgan fingerprint density at radius 3 is 2.51 bits per heavy atom. The number of rotatable bonds is 7.